The molecule has 1 N–H and O–H groups in total. The van der Waals surface area contributed by atoms with E-state index in [0.717, 1.165) is 29.7 Å². The number of carbonyl (C=O) groups excluding carboxylic acids is 2. The highest BCUT2D eigenvalue weighted by Crippen LogP contribution is 2.33. The fraction of sp³-hybridized carbons (Fsp3) is 0.364. The Kier molecular flexibility index (Phi) is 5.27. The molecule has 2 aromatic rings. The average Bonchev–Trinajstić information content (AvgIpc) is 3.53. The summed E-state index contributed by atoms with van der Waals surface area (Å²) in [6.45, 7) is 2.85. The third-order valence-corrected chi connectivity index (χ3v) is 5.40. The van der Waals surface area contributed by atoms with Gasteiger partial charge >= 0.3 is 0 Å². The maximum absolute atomic E-state index is 13.0. The summed E-state index contributed by atoms with van der Waals surface area (Å²) >= 11 is 5.97. The second-order valence-electron chi connectivity index (χ2n) is 7.42. The fourth-order valence-corrected chi connectivity index (χ4v) is 3.50. The zero-order chi connectivity index (χ0) is 19.7. The molecule has 4 rings (SSSR count). The van der Waals surface area contributed by atoms with Crippen LogP contribution in [-0.4, -0.2) is 22.8 Å². The molecule has 0 spiro atoms. The van der Waals surface area contributed by atoms with Crippen LogP contribution < -0.4 is 10.1 Å². The van der Waals surface area contributed by atoms with Gasteiger partial charge < -0.3 is 15.0 Å². The first-order chi connectivity index (χ1) is 13.5. The highest BCUT2D eigenvalue weighted by molar-refractivity contribution is 6.30. The van der Waals surface area contributed by atoms with E-state index in [9.17, 15) is 9.59 Å². The molecule has 146 valence electrons. The van der Waals surface area contributed by atoms with Crippen molar-refractivity contribution in [2.24, 2.45) is 5.92 Å². The van der Waals surface area contributed by atoms with Crippen LogP contribution in [-0.2, 0) is 22.7 Å². The summed E-state index contributed by atoms with van der Waals surface area (Å²) < 4.78 is 6.00. The van der Waals surface area contributed by atoms with Gasteiger partial charge in [0.1, 0.15) is 5.75 Å². The lowest BCUT2D eigenvalue weighted by molar-refractivity contribution is -0.139. The number of hydrogen-bond acceptors (Lipinski definition) is 3. The Morgan fingerprint density at radius 2 is 1.96 bits per heavy atom. The Bertz CT molecular complexity index is 893. The van der Waals surface area contributed by atoms with Gasteiger partial charge in [0.15, 0.2) is 6.10 Å². The predicted octanol–water partition coefficient (Wildman–Crippen LogP) is 4.39. The van der Waals surface area contributed by atoms with Crippen molar-refractivity contribution in [1.82, 2.24) is 4.90 Å². The van der Waals surface area contributed by atoms with Crippen LogP contribution in [0.3, 0.4) is 0 Å². The van der Waals surface area contributed by atoms with E-state index in [2.05, 4.69) is 5.32 Å². The second-order valence-corrected chi connectivity index (χ2v) is 7.86. The van der Waals surface area contributed by atoms with Crippen molar-refractivity contribution in [2.45, 2.75) is 45.4 Å². The van der Waals surface area contributed by atoms with Gasteiger partial charge in [-0.05, 0) is 55.2 Å². The number of anilines is 1. The summed E-state index contributed by atoms with van der Waals surface area (Å²) in [5.74, 6) is 0.873. The van der Waals surface area contributed by atoms with Crippen molar-refractivity contribution >= 4 is 29.1 Å². The minimum absolute atomic E-state index is 0.0304. The standard InChI is InChI=1S/C22H23ClN2O3/c1-2-19-22(27)25(12-14-3-7-17(23)8-4-14)13-16-11-18(9-10-20(16)28-19)24-21(26)15-5-6-15/h3-4,7-11,15,19H,2,5-6,12-13H2,1H3,(H,24,26)/t19-/m0/s1. The van der Waals surface area contributed by atoms with E-state index >= 15 is 0 Å². The van der Waals surface area contributed by atoms with Crippen molar-refractivity contribution in [3.8, 4) is 5.75 Å². The number of fused-ring (bicyclic) bond motifs is 1. The number of carbonyl (C=O) groups is 2. The maximum Gasteiger partial charge on any atom is 0.264 e. The molecule has 1 aliphatic carbocycles. The molecule has 2 aliphatic rings. The van der Waals surface area contributed by atoms with Crippen LogP contribution in [0, 0.1) is 5.92 Å². The Balaban J connectivity index is 1.58. The van der Waals surface area contributed by atoms with Crippen LogP contribution in [0.15, 0.2) is 42.5 Å². The molecule has 6 heteroatoms. The van der Waals surface area contributed by atoms with Gasteiger partial charge in [-0.25, -0.2) is 0 Å². The molecule has 2 aromatic carbocycles. The first-order valence-corrected chi connectivity index (χ1v) is 10.0. The molecular weight excluding hydrogens is 376 g/mol. The van der Waals surface area contributed by atoms with Gasteiger partial charge in [-0.15, -0.1) is 0 Å². The van der Waals surface area contributed by atoms with E-state index in [4.69, 9.17) is 16.3 Å². The summed E-state index contributed by atoms with van der Waals surface area (Å²) in [6.07, 6.45) is 2.00. The highest BCUT2D eigenvalue weighted by atomic mass is 35.5. The van der Waals surface area contributed by atoms with E-state index in [0.29, 0.717) is 30.3 Å². The first kappa shape index (κ1) is 18.8. The number of amides is 2. The average molecular weight is 399 g/mol. The third kappa shape index (κ3) is 4.14. The number of ether oxygens (including phenoxy) is 1. The number of halogens is 1. The van der Waals surface area contributed by atoms with Gasteiger partial charge in [-0.2, -0.15) is 0 Å². The van der Waals surface area contributed by atoms with Crippen molar-refractivity contribution in [3.05, 3.63) is 58.6 Å². The van der Waals surface area contributed by atoms with Gasteiger partial charge in [-0.1, -0.05) is 30.7 Å². The van der Waals surface area contributed by atoms with E-state index in [1.54, 1.807) is 4.90 Å². The molecule has 1 fully saturated rings. The Morgan fingerprint density at radius 1 is 1.21 bits per heavy atom. The molecule has 0 unspecified atom stereocenters. The van der Waals surface area contributed by atoms with Crippen LogP contribution in [0.1, 0.15) is 37.3 Å². The molecule has 0 saturated heterocycles. The molecule has 1 saturated carbocycles. The summed E-state index contributed by atoms with van der Waals surface area (Å²) in [7, 11) is 0. The van der Waals surface area contributed by atoms with Crippen LogP contribution in [0.4, 0.5) is 5.69 Å². The molecule has 2 amide bonds. The van der Waals surface area contributed by atoms with E-state index in [-0.39, 0.29) is 17.7 Å². The van der Waals surface area contributed by atoms with Crippen molar-refractivity contribution in [3.63, 3.8) is 0 Å². The van der Waals surface area contributed by atoms with Gasteiger partial charge in [0.25, 0.3) is 5.91 Å². The lowest BCUT2D eigenvalue weighted by atomic mass is 10.1. The summed E-state index contributed by atoms with van der Waals surface area (Å²) in [5.41, 5.74) is 2.65. The molecule has 1 heterocycles. The number of rotatable bonds is 5. The number of nitrogens with zero attached hydrogens (tertiary/aromatic N) is 1. The smallest absolute Gasteiger partial charge is 0.264 e. The largest absolute Gasteiger partial charge is 0.480 e. The third-order valence-electron chi connectivity index (χ3n) is 5.15. The van der Waals surface area contributed by atoms with Crippen LogP contribution >= 0.6 is 11.6 Å². The second kappa shape index (κ2) is 7.84. The minimum Gasteiger partial charge on any atom is -0.480 e. The monoisotopic (exact) mass is 398 g/mol. The van der Waals surface area contributed by atoms with Crippen LogP contribution in [0.25, 0.3) is 0 Å². The topological polar surface area (TPSA) is 58.6 Å². The zero-order valence-electron chi connectivity index (χ0n) is 15.8. The zero-order valence-corrected chi connectivity index (χ0v) is 16.5. The van der Waals surface area contributed by atoms with E-state index < -0.39 is 6.10 Å². The summed E-state index contributed by atoms with van der Waals surface area (Å²) in [6, 6.07) is 13.1. The maximum atomic E-state index is 13.0. The first-order valence-electron chi connectivity index (χ1n) is 9.67. The molecule has 28 heavy (non-hydrogen) atoms. The van der Waals surface area contributed by atoms with E-state index in [1.165, 1.54) is 0 Å². The molecule has 0 bridgehead atoms. The van der Waals surface area contributed by atoms with Gasteiger partial charge in [0.2, 0.25) is 5.91 Å². The Hall–Kier alpha value is -2.53. The number of hydrogen-bond donors (Lipinski definition) is 1. The van der Waals surface area contributed by atoms with Gasteiger partial charge in [-0.3, -0.25) is 9.59 Å². The van der Waals surface area contributed by atoms with Gasteiger partial charge in [0.05, 0.1) is 0 Å². The highest BCUT2D eigenvalue weighted by Gasteiger charge is 2.31. The normalized spacial score (nSPS) is 18.9. The van der Waals surface area contributed by atoms with Crippen molar-refractivity contribution < 1.29 is 14.3 Å². The molecule has 0 radical (unpaired) electrons. The number of benzene rings is 2. The van der Waals surface area contributed by atoms with Crippen molar-refractivity contribution in [2.75, 3.05) is 5.32 Å². The molecular formula is C22H23ClN2O3. The number of nitrogens with one attached hydrogen (secondary N) is 1. The Morgan fingerprint density at radius 3 is 2.64 bits per heavy atom. The predicted molar refractivity (Wildman–Crippen MR) is 108 cm³/mol. The minimum atomic E-state index is -0.513. The molecule has 0 aromatic heterocycles. The summed E-state index contributed by atoms with van der Waals surface area (Å²) in [4.78, 5) is 26.9. The molecule has 5 nitrogen and oxygen atoms in total. The molecule has 1 aliphatic heterocycles. The van der Waals surface area contributed by atoms with Crippen LogP contribution in [0.5, 0.6) is 5.75 Å². The lowest BCUT2D eigenvalue weighted by Gasteiger charge is -2.23. The lowest BCUT2D eigenvalue weighted by Crippen LogP contribution is -2.38. The van der Waals surface area contributed by atoms with Gasteiger partial charge in [0, 0.05) is 35.3 Å². The van der Waals surface area contributed by atoms with Crippen molar-refractivity contribution in [1.29, 1.82) is 0 Å². The van der Waals surface area contributed by atoms with E-state index in [1.807, 2.05) is 49.4 Å². The molecule has 1 atom stereocenters. The fourth-order valence-electron chi connectivity index (χ4n) is 3.38. The van der Waals surface area contributed by atoms with Crippen LogP contribution in [0.2, 0.25) is 5.02 Å². The SMILES string of the molecule is CC[C@@H]1Oc2ccc(NC(=O)C3CC3)cc2CN(Cc2ccc(Cl)cc2)C1=O. The summed E-state index contributed by atoms with van der Waals surface area (Å²) in [5, 5.41) is 3.64. The Labute approximate surface area is 169 Å². The quantitative estimate of drug-likeness (QED) is 0.812.